The molecule has 3 aromatic rings. The Hall–Kier alpha value is -2.60. The molecule has 0 bridgehead atoms. The average Bonchev–Trinajstić information content (AvgIpc) is 3.20. The largest absolute Gasteiger partial charge is 0.355 e. The van der Waals surface area contributed by atoms with Crippen molar-refractivity contribution in [2.45, 2.75) is 31.7 Å². The zero-order valence-corrected chi connectivity index (χ0v) is 15.4. The molecule has 1 aliphatic rings. The Labute approximate surface area is 156 Å². The molecule has 0 spiro atoms. The van der Waals surface area contributed by atoms with Gasteiger partial charge in [-0.25, -0.2) is 0 Å². The number of amides is 1. The van der Waals surface area contributed by atoms with Crippen molar-refractivity contribution in [1.82, 2.24) is 20.3 Å². The van der Waals surface area contributed by atoms with Crippen LogP contribution in [0.2, 0.25) is 5.02 Å². The molecule has 2 heterocycles. The highest BCUT2D eigenvalue weighted by atomic mass is 35.5. The zero-order valence-electron chi connectivity index (χ0n) is 14.6. The number of nitrogens with zero attached hydrogens (tertiary/aromatic N) is 3. The number of benzene rings is 1. The quantitative estimate of drug-likeness (QED) is 0.757. The third-order valence-corrected chi connectivity index (χ3v) is 5.45. The Kier molecular flexibility index (Phi) is 4.07. The van der Waals surface area contributed by atoms with Gasteiger partial charge in [-0.3, -0.25) is 9.48 Å². The zero-order chi connectivity index (χ0) is 18.3. The number of aryl methyl sites for hydroxylation is 1. The summed E-state index contributed by atoms with van der Waals surface area (Å²) in [6, 6.07) is 9.29. The molecule has 0 aliphatic heterocycles. The minimum atomic E-state index is -0.356. The summed E-state index contributed by atoms with van der Waals surface area (Å²) in [6.07, 6.45) is 4.57. The van der Waals surface area contributed by atoms with Gasteiger partial charge in [0.2, 0.25) is 0 Å². The molecule has 0 unspecified atom stereocenters. The SMILES string of the molecule is Cc1c(-c2cc(C(=O)NC3(c4ccc(Cl)cc4)CCC3)no2)cnn1C. The van der Waals surface area contributed by atoms with Crippen LogP contribution in [0.1, 0.15) is 41.0 Å². The highest BCUT2D eigenvalue weighted by Crippen LogP contribution is 2.41. The second-order valence-electron chi connectivity index (χ2n) is 6.74. The van der Waals surface area contributed by atoms with E-state index in [0.29, 0.717) is 10.8 Å². The van der Waals surface area contributed by atoms with Crippen molar-refractivity contribution >= 4 is 17.5 Å². The smallest absolute Gasteiger partial charge is 0.274 e. The second-order valence-corrected chi connectivity index (χ2v) is 7.18. The van der Waals surface area contributed by atoms with Crippen LogP contribution in [0.25, 0.3) is 11.3 Å². The first kappa shape index (κ1) is 16.8. The van der Waals surface area contributed by atoms with Gasteiger partial charge in [-0.2, -0.15) is 5.10 Å². The Balaban J connectivity index is 1.56. The maximum Gasteiger partial charge on any atom is 0.274 e. The van der Waals surface area contributed by atoms with Gasteiger partial charge in [0.25, 0.3) is 5.91 Å². The Morgan fingerprint density at radius 1 is 1.31 bits per heavy atom. The van der Waals surface area contributed by atoms with Gasteiger partial charge >= 0.3 is 0 Å². The number of hydrogen-bond donors (Lipinski definition) is 1. The van der Waals surface area contributed by atoms with E-state index in [9.17, 15) is 4.79 Å². The standard InChI is InChI=1S/C19H19ClN4O2/c1-12-15(11-21-24(12)2)17-10-16(23-26-17)18(25)22-19(8-3-9-19)13-4-6-14(20)7-5-13/h4-7,10-11H,3,8-9H2,1-2H3,(H,22,25). The fraction of sp³-hybridized carbons (Fsp3) is 0.316. The first-order valence-corrected chi connectivity index (χ1v) is 8.90. The Morgan fingerprint density at radius 3 is 2.62 bits per heavy atom. The maximum atomic E-state index is 12.7. The number of hydrogen-bond acceptors (Lipinski definition) is 4. The number of nitrogens with one attached hydrogen (secondary N) is 1. The van der Waals surface area contributed by atoms with E-state index in [-0.39, 0.29) is 17.1 Å². The van der Waals surface area contributed by atoms with E-state index in [1.165, 1.54) is 0 Å². The molecule has 2 aromatic heterocycles. The summed E-state index contributed by atoms with van der Waals surface area (Å²) in [5, 5.41) is 12.0. The van der Waals surface area contributed by atoms with Crippen LogP contribution in [0.3, 0.4) is 0 Å². The minimum absolute atomic E-state index is 0.240. The lowest BCUT2D eigenvalue weighted by Crippen LogP contribution is -2.50. The van der Waals surface area contributed by atoms with Crippen molar-refractivity contribution in [2.75, 3.05) is 0 Å². The van der Waals surface area contributed by atoms with Crippen LogP contribution in [-0.4, -0.2) is 20.8 Å². The summed E-state index contributed by atoms with van der Waals surface area (Å²) in [7, 11) is 1.86. The summed E-state index contributed by atoms with van der Waals surface area (Å²) in [5.41, 5.74) is 2.75. The molecule has 1 fully saturated rings. The van der Waals surface area contributed by atoms with Gasteiger partial charge in [0.15, 0.2) is 11.5 Å². The van der Waals surface area contributed by atoms with Crippen LogP contribution >= 0.6 is 11.6 Å². The van der Waals surface area contributed by atoms with Gasteiger partial charge in [-0.05, 0) is 43.9 Å². The number of halogens is 1. The van der Waals surface area contributed by atoms with Crippen LogP contribution < -0.4 is 5.32 Å². The molecule has 26 heavy (non-hydrogen) atoms. The van der Waals surface area contributed by atoms with Crippen LogP contribution in [0.15, 0.2) is 41.1 Å². The number of carbonyl (C=O) groups is 1. The normalized spacial score (nSPS) is 15.5. The van der Waals surface area contributed by atoms with Crippen molar-refractivity contribution in [3.05, 3.63) is 58.5 Å². The Morgan fingerprint density at radius 2 is 2.04 bits per heavy atom. The second kappa shape index (κ2) is 6.29. The van der Waals surface area contributed by atoms with Crippen LogP contribution in [0.5, 0.6) is 0 Å². The van der Waals surface area contributed by atoms with E-state index >= 15 is 0 Å². The molecule has 0 saturated heterocycles. The number of rotatable bonds is 4. The lowest BCUT2D eigenvalue weighted by molar-refractivity contribution is 0.0814. The van der Waals surface area contributed by atoms with Crippen molar-refractivity contribution in [2.24, 2.45) is 7.05 Å². The topological polar surface area (TPSA) is 73.0 Å². The first-order valence-electron chi connectivity index (χ1n) is 8.53. The summed E-state index contributed by atoms with van der Waals surface area (Å²) < 4.78 is 7.12. The van der Waals surface area contributed by atoms with E-state index in [2.05, 4.69) is 15.6 Å². The summed E-state index contributed by atoms with van der Waals surface area (Å²) >= 11 is 5.98. The third kappa shape index (κ3) is 2.80. The lowest BCUT2D eigenvalue weighted by Gasteiger charge is -2.43. The monoisotopic (exact) mass is 370 g/mol. The number of carbonyl (C=O) groups excluding carboxylic acids is 1. The van der Waals surface area contributed by atoms with E-state index in [0.717, 1.165) is 36.1 Å². The molecule has 0 radical (unpaired) electrons. The van der Waals surface area contributed by atoms with E-state index < -0.39 is 0 Å². The fourth-order valence-electron chi connectivity index (χ4n) is 3.32. The summed E-state index contributed by atoms with van der Waals surface area (Å²) in [6.45, 7) is 1.94. The predicted molar refractivity (Wildman–Crippen MR) is 97.9 cm³/mol. The van der Waals surface area contributed by atoms with Crippen LogP contribution in [0, 0.1) is 6.92 Å². The molecule has 6 nitrogen and oxygen atoms in total. The molecule has 1 amide bonds. The van der Waals surface area contributed by atoms with Crippen molar-refractivity contribution in [3.63, 3.8) is 0 Å². The summed E-state index contributed by atoms with van der Waals surface area (Å²) in [4.78, 5) is 12.7. The molecule has 4 rings (SSSR count). The molecular formula is C19H19ClN4O2. The van der Waals surface area contributed by atoms with Gasteiger partial charge in [-0.1, -0.05) is 28.9 Å². The average molecular weight is 371 g/mol. The fourth-order valence-corrected chi connectivity index (χ4v) is 3.44. The molecule has 1 saturated carbocycles. The Bertz CT molecular complexity index is 954. The van der Waals surface area contributed by atoms with Gasteiger partial charge in [0.05, 0.1) is 17.3 Å². The molecule has 134 valence electrons. The van der Waals surface area contributed by atoms with Gasteiger partial charge < -0.3 is 9.84 Å². The van der Waals surface area contributed by atoms with Crippen molar-refractivity contribution < 1.29 is 9.32 Å². The van der Waals surface area contributed by atoms with Crippen molar-refractivity contribution in [3.8, 4) is 11.3 Å². The molecular weight excluding hydrogens is 352 g/mol. The minimum Gasteiger partial charge on any atom is -0.355 e. The van der Waals surface area contributed by atoms with Crippen molar-refractivity contribution in [1.29, 1.82) is 0 Å². The molecule has 7 heteroatoms. The predicted octanol–water partition coefficient (Wildman–Crippen LogP) is 3.85. The van der Waals surface area contributed by atoms with Crippen LogP contribution in [-0.2, 0) is 12.6 Å². The van der Waals surface area contributed by atoms with Gasteiger partial charge in [0.1, 0.15) is 0 Å². The molecule has 1 aromatic carbocycles. The molecule has 0 atom stereocenters. The highest BCUT2D eigenvalue weighted by Gasteiger charge is 2.40. The molecule has 1 N–H and O–H groups in total. The lowest BCUT2D eigenvalue weighted by atomic mass is 9.71. The molecule has 1 aliphatic carbocycles. The van der Waals surface area contributed by atoms with Crippen LogP contribution in [0.4, 0.5) is 0 Å². The van der Waals surface area contributed by atoms with E-state index in [4.69, 9.17) is 16.1 Å². The highest BCUT2D eigenvalue weighted by molar-refractivity contribution is 6.30. The van der Waals surface area contributed by atoms with Gasteiger partial charge in [-0.15, -0.1) is 0 Å². The third-order valence-electron chi connectivity index (χ3n) is 5.20. The maximum absolute atomic E-state index is 12.7. The first-order chi connectivity index (χ1) is 12.5. The number of aromatic nitrogens is 3. The van der Waals surface area contributed by atoms with E-state index in [1.54, 1.807) is 16.9 Å². The van der Waals surface area contributed by atoms with E-state index in [1.807, 2.05) is 38.2 Å². The summed E-state index contributed by atoms with van der Waals surface area (Å²) in [5.74, 6) is 0.297. The van der Waals surface area contributed by atoms with Gasteiger partial charge in [0, 0.05) is 23.8 Å².